The molecule has 1 heterocycles. The summed E-state index contributed by atoms with van der Waals surface area (Å²) in [6, 6.07) is 1.61. The maximum atomic E-state index is 12.9. The molecule has 0 atom stereocenters. The minimum atomic E-state index is -2.74. The van der Waals surface area contributed by atoms with Crippen molar-refractivity contribution in [1.29, 1.82) is 0 Å². The fourth-order valence-corrected chi connectivity index (χ4v) is 1.66. The van der Waals surface area contributed by atoms with Gasteiger partial charge in [-0.3, -0.25) is 9.78 Å². The van der Waals surface area contributed by atoms with Crippen molar-refractivity contribution < 1.29 is 18.3 Å². The molecule has 0 spiro atoms. The van der Waals surface area contributed by atoms with Crippen LogP contribution in [0.5, 0.6) is 0 Å². The number of alkyl halides is 2. The predicted molar refractivity (Wildman–Crippen MR) is 62.2 cm³/mol. The Morgan fingerprint density at radius 1 is 1.56 bits per heavy atom. The van der Waals surface area contributed by atoms with Crippen LogP contribution in [0.1, 0.15) is 35.9 Å². The Labute approximate surface area is 104 Å². The van der Waals surface area contributed by atoms with Crippen LogP contribution in [0.4, 0.5) is 8.78 Å². The number of aryl methyl sites for hydroxylation is 1. The van der Waals surface area contributed by atoms with E-state index in [-0.39, 0.29) is 30.8 Å². The molecule has 0 amide bonds. The van der Waals surface area contributed by atoms with Crippen LogP contribution >= 0.6 is 0 Å². The average molecular weight is 258 g/mol. The summed E-state index contributed by atoms with van der Waals surface area (Å²) >= 11 is 0. The predicted octanol–water partition coefficient (Wildman–Crippen LogP) is 1.89. The molecule has 18 heavy (non-hydrogen) atoms. The number of hydrogen-bond acceptors (Lipinski definition) is 4. The molecule has 0 aliphatic carbocycles. The molecule has 0 aliphatic rings. The molecule has 0 unspecified atom stereocenters. The van der Waals surface area contributed by atoms with E-state index in [1.807, 2.05) is 0 Å². The smallest absolute Gasteiger partial charge is 0.310 e. The van der Waals surface area contributed by atoms with Gasteiger partial charge in [-0.2, -0.15) is 0 Å². The van der Waals surface area contributed by atoms with Crippen LogP contribution in [0.2, 0.25) is 0 Å². The van der Waals surface area contributed by atoms with E-state index in [4.69, 9.17) is 10.5 Å². The second-order valence-corrected chi connectivity index (χ2v) is 3.78. The van der Waals surface area contributed by atoms with Crippen LogP contribution in [0.15, 0.2) is 6.07 Å². The molecular weight excluding hydrogens is 242 g/mol. The van der Waals surface area contributed by atoms with E-state index >= 15 is 0 Å². The molecule has 0 aromatic carbocycles. The van der Waals surface area contributed by atoms with Gasteiger partial charge in [-0.1, -0.05) is 0 Å². The zero-order chi connectivity index (χ0) is 13.7. The Kier molecular flexibility index (Phi) is 5.15. The van der Waals surface area contributed by atoms with Crippen molar-refractivity contribution in [3.05, 3.63) is 28.6 Å². The maximum Gasteiger partial charge on any atom is 0.310 e. The first-order valence-electron chi connectivity index (χ1n) is 5.62. The Morgan fingerprint density at radius 3 is 2.72 bits per heavy atom. The first kappa shape index (κ1) is 14.5. The molecule has 0 saturated heterocycles. The highest BCUT2D eigenvalue weighted by atomic mass is 19.3. The number of carbonyl (C=O) groups is 1. The lowest BCUT2D eigenvalue weighted by atomic mass is 10.0. The van der Waals surface area contributed by atoms with Gasteiger partial charge in [0, 0.05) is 6.54 Å². The lowest BCUT2D eigenvalue weighted by Crippen LogP contribution is -2.14. The number of pyridine rings is 1. The molecule has 0 aliphatic heterocycles. The van der Waals surface area contributed by atoms with E-state index in [1.54, 1.807) is 19.9 Å². The number of rotatable bonds is 5. The number of esters is 1. The van der Waals surface area contributed by atoms with Gasteiger partial charge in [-0.25, -0.2) is 8.78 Å². The van der Waals surface area contributed by atoms with E-state index in [0.717, 1.165) is 0 Å². The number of nitrogens with two attached hydrogens (primary N) is 1. The second-order valence-electron chi connectivity index (χ2n) is 3.78. The summed E-state index contributed by atoms with van der Waals surface area (Å²) in [5.74, 6) is -0.537. The summed E-state index contributed by atoms with van der Waals surface area (Å²) in [5, 5.41) is 0. The third kappa shape index (κ3) is 3.46. The van der Waals surface area contributed by atoms with Gasteiger partial charge in [0.15, 0.2) is 0 Å². The van der Waals surface area contributed by atoms with Crippen LogP contribution in [-0.4, -0.2) is 17.6 Å². The molecule has 6 heteroatoms. The summed E-state index contributed by atoms with van der Waals surface area (Å²) in [5.41, 5.74) is 6.19. The van der Waals surface area contributed by atoms with Crippen molar-refractivity contribution in [3.8, 4) is 0 Å². The van der Waals surface area contributed by atoms with Crippen molar-refractivity contribution in [1.82, 2.24) is 4.98 Å². The number of halogens is 2. The SMILES string of the molecule is CCOC(=O)Cc1c(C)cc(CN)nc1C(F)F. The molecule has 1 rings (SSSR count). The second kappa shape index (κ2) is 6.39. The molecule has 1 aromatic heterocycles. The quantitative estimate of drug-likeness (QED) is 0.819. The Morgan fingerprint density at radius 2 is 2.22 bits per heavy atom. The molecule has 0 bridgehead atoms. The summed E-state index contributed by atoms with van der Waals surface area (Å²) in [7, 11) is 0. The van der Waals surface area contributed by atoms with Gasteiger partial charge >= 0.3 is 5.97 Å². The van der Waals surface area contributed by atoms with Gasteiger partial charge in [0.1, 0.15) is 5.69 Å². The summed E-state index contributed by atoms with van der Waals surface area (Å²) < 4.78 is 30.6. The number of aromatic nitrogens is 1. The first-order valence-corrected chi connectivity index (χ1v) is 5.62. The normalized spacial score (nSPS) is 10.8. The number of hydrogen-bond donors (Lipinski definition) is 1. The van der Waals surface area contributed by atoms with Gasteiger partial charge < -0.3 is 10.5 Å². The van der Waals surface area contributed by atoms with Crippen molar-refractivity contribution >= 4 is 5.97 Å². The molecule has 0 fully saturated rings. The van der Waals surface area contributed by atoms with Gasteiger partial charge in [-0.05, 0) is 31.0 Å². The summed E-state index contributed by atoms with van der Waals surface area (Å²) in [6.07, 6.45) is -2.93. The Hall–Kier alpha value is -1.56. The van der Waals surface area contributed by atoms with E-state index in [1.165, 1.54) is 0 Å². The number of carbonyl (C=O) groups excluding carboxylic acids is 1. The molecule has 4 nitrogen and oxygen atoms in total. The van der Waals surface area contributed by atoms with Crippen molar-refractivity contribution in [2.75, 3.05) is 6.61 Å². The Bertz CT molecular complexity index is 436. The van der Waals surface area contributed by atoms with Crippen LogP contribution in [0.25, 0.3) is 0 Å². The standard InChI is InChI=1S/C12H16F2N2O2/c1-3-18-10(17)5-9-7(2)4-8(6-15)16-11(9)12(13)14/h4,12H,3,5-6,15H2,1-2H3. The zero-order valence-corrected chi connectivity index (χ0v) is 10.4. The molecule has 0 saturated carbocycles. The van der Waals surface area contributed by atoms with Gasteiger partial charge in [-0.15, -0.1) is 0 Å². The van der Waals surface area contributed by atoms with Crippen molar-refractivity contribution in [3.63, 3.8) is 0 Å². The molecular formula is C12H16F2N2O2. The lowest BCUT2D eigenvalue weighted by molar-refractivity contribution is -0.142. The highest BCUT2D eigenvalue weighted by molar-refractivity contribution is 5.73. The van der Waals surface area contributed by atoms with Crippen molar-refractivity contribution in [2.45, 2.75) is 33.2 Å². The lowest BCUT2D eigenvalue weighted by Gasteiger charge is -2.12. The minimum Gasteiger partial charge on any atom is -0.466 e. The monoisotopic (exact) mass is 258 g/mol. The van der Waals surface area contributed by atoms with Crippen LogP contribution in [-0.2, 0) is 22.5 Å². The van der Waals surface area contributed by atoms with Crippen LogP contribution in [0, 0.1) is 6.92 Å². The third-order valence-electron chi connectivity index (χ3n) is 2.47. The molecule has 2 N–H and O–H groups in total. The maximum absolute atomic E-state index is 12.9. The van der Waals surface area contributed by atoms with Gasteiger partial charge in [0.05, 0.1) is 18.7 Å². The Balaban J connectivity index is 3.12. The van der Waals surface area contributed by atoms with Crippen LogP contribution in [0.3, 0.4) is 0 Å². The van der Waals surface area contributed by atoms with Crippen LogP contribution < -0.4 is 5.73 Å². The summed E-state index contributed by atoms with van der Waals surface area (Å²) in [6.45, 7) is 3.62. The highest BCUT2D eigenvalue weighted by Crippen LogP contribution is 2.25. The minimum absolute atomic E-state index is 0.0836. The topological polar surface area (TPSA) is 65.2 Å². The summed E-state index contributed by atoms with van der Waals surface area (Å²) in [4.78, 5) is 15.2. The van der Waals surface area contributed by atoms with Gasteiger partial charge in [0.2, 0.25) is 0 Å². The molecule has 100 valence electrons. The van der Waals surface area contributed by atoms with Crippen molar-refractivity contribution in [2.24, 2.45) is 5.73 Å². The molecule has 0 radical (unpaired) electrons. The van der Waals surface area contributed by atoms with E-state index in [0.29, 0.717) is 11.3 Å². The largest absolute Gasteiger partial charge is 0.466 e. The fraction of sp³-hybridized carbons (Fsp3) is 0.500. The van der Waals surface area contributed by atoms with E-state index in [9.17, 15) is 13.6 Å². The van der Waals surface area contributed by atoms with E-state index < -0.39 is 12.4 Å². The molecule has 1 aromatic rings. The number of ether oxygens (including phenoxy) is 1. The fourth-order valence-electron chi connectivity index (χ4n) is 1.66. The highest BCUT2D eigenvalue weighted by Gasteiger charge is 2.20. The van der Waals surface area contributed by atoms with E-state index in [2.05, 4.69) is 4.98 Å². The number of nitrogens with zero attached hydrogens (tertiary/aromatic N) is 1. The average Bonchev–Trinajstić information content (AvgIpc) is 2.31. The zero-order valence-electron chi connectivity index (χ0n) is 10.4. The first-order chi connectivity index (χ1) is 8.49. The van der Waals surface area contributed by atoms with Gasteiger partial charge in [0.25, 0.3) is 6.43 Å². The third-order valence-corrected chi connectivity index (χ3v) is 2.47.